The SMILES string of the molecule is C[Si](C)(C)OC[C@H]1O[C@@H](c2c(O[Si](C)(C)C)c([C@@H]3O[C@H](CO[Si](C)(C)C)[C@@H](O[Si](C)(C)C)[C@H](O[Si](C)(C)C)[C@H]3O[Si](C)(C)C)c3oc(-c4ccc(O[Si](C)(C)C)cc4)cc(=O)c3c2O[Si](C)(C)C)[C@H](O[Si](C)(C)C)[C@@H](O[Si](C)(C)C)[C@@H]1O[Si](C)(C)C. The lowest BCUT2D eigenvalue weighted by Gasteiger charge is -2.52. The molecule has 2 aromatic carbocycles. The Balaban J connectivity index is 2.21. The van der Waals surface area contributed by atoms with Gasteiger partial charge in [0.05, 0.1) is 24.3 Å². The van der Waals surface area contributed by atoms with Crippen molar-refractivity contribution in [1.29, 1.82) is 0 Å². The fraction of sp³-hybridized carbons (Fsp3) is 0.750. The minimum Gasteiger partial charge on any atom is -0.544 e. The highest BCUT2D eigenvalue weighted by molar-refractivity contribution is 6.73. The molecule has 2 fully saturated rings. The molecule has 0 aliphatic carbocycles. The lowest BCUT2D eigenvalue weighted by atomic mass is 9.85. The molecule has 0 spiro atoms. The molecule has 10 atom stereocenters. The Morgan fingerprint density at radius 2 is 0.686 bits per heavy atom. The third-order valence-corrected chi connectivity index (χ3v) is 23.1. The molecule has 492 valence electrons. The molecule has 5 rings (SSSR count). The van der Waals surface area contributed by atoms with Gasteiger partial charge in [-0.1, -0.05) is 0 Å². The molecular formula is C60H118O15Si11. The van der Waals surface area contributed by atoms with E-state index in [0.717, 1.165) is 5.75 Å². The average molecular weight is 1390 g/mol. The van der Waals surface area contributed by atoms with Crippen LogP contribution in [0.3, 0.4) is 0 Å². The minimum absolute atomic E-state index is 0.226. The summed E-state index contributed by atoms with van der Waals surface area (Å²) in [6.45, 7) is 72.7. The van der Waals surface area contributed by atoms with Crippen molar-refractivity contribution >= 4 is 102 Å². The maximum Gasteiger partial charge on any atom is 0.242 e. The maximum absolute atomic E-state index is 16.3. The summed E-state index contributed by atoms with van der Waals surface area (Å²) in [7, 11) is -26.7. The molecule has 26 heteroatoms. The first-order valence-electron chi connectivity index (χ1n) is 31.4. The van der Waals surface area contributed by atoms with Crippen LogP contribution in [0.4, 0.5) is 0 Å². The van der Waals surface area contributed by atoms with E-state index in [1.807, 2.05) is 24.3 Å². The van der Waals surface area contributed by atoms with E-state index in [1.54, 1.807) is 6.07 Å². The van der Waals surface area contributed by atoms with Crippen molar-refractivity contribution in [3.8, 4) is 28.6 Å². The predicted octanol–water partition coefficient (Wildman–Crippen LogP) is 17.0. The van der Waals surface area contributed by atoms with Gasteiger partial charge in [0, 0.05) is 11.6 Å². The van der Waals surface area contributed by atoms with Gasteiger partial charge in [0.15, 0.2) is 77.6 Å². The Hall–Kier alpha value is -0.964. The normalized spacial score (nSPS) is 24.8. The zero-order valence-corrected chi connectivity index (χ0v) is 70.7. The number of fused-ring (bicyclic) bond motifs is 1. The van der Waals surface area contributed by atoms with E-state index < -0.39 is 153 Å². The average Bonchev–Trinajstić information content (AvgIpc) is 0.717. The van der Waals surface area contributed by atoms with Crippen LogP contribution in [0.25, 0.3) is 22.3 Å². The third kappa shape index (κ3) is 23.6. The van der Waals surface area contributed by atoms with Crippen LogP contribution in [0.5, 0.6) is 17.2 Å². The van der Waals surface area contributed by atoms with Crippen molar-refractivity contribution in [2.75, 3.05) is 13.2 Å². The summed E-state index contributed by atoms with van der Waals surface area (Å²) in [6, 6.07) is 9.39. The smallest absolute Gasteiger partial charge is 0.242 e. The monoisotopic (exact) mass is 1390 g/mol. The van der Waals surface area contributed by atoms with Gasteiger partial charge >= 0.3 is 0 Å². The van der Waals surface area contributed by atoms with E-state index in [4.69, 9.17) is 62.6 Å². The third-order valence-electron chi connectivity index (χ3n) is 12.7. The molecular weight excluding hydrogens is 1270 g/mol. The van der Waals surface area contributed by atoms with Crippen molar-refractivity contribution < 1.29 is 62.6 Å². The minimum atomic E-state index is -2.80. The van der Waals surface area contributed by atoms with Crippen molar-refractivity contribution in [1.82, 2.24) is 0 Å². The van der Waals surface area contributed by atoms with Gasteiger partial charge in [-0.05, 0) is 240 Å². The van der Waals surface area contributed by atoms with Crippen LogP contribution < -0.4 is 18.7 Å². The Morgan fingerprint density at radius 3 is 1.02 bits per heavy atom. The second kappa shape index (κ2) is 27.2. The molecule has 3 heterocycles. The number of ether oxygens (including phenoxy) is 2. The van der Waals surface area contributed by atoms with Crippen LogP contribution in [0.15, 0.2) is 39.5 Å². The van der Waals surface area contributed by atoms with Crippen molar-refractivity contribution in [3.05, 3.63) is 51.7 Å². The van der Waals surface area contributed by atoms with Crippen LogP contribution in [0.1, 0.15) is 23.3 Å². The van der Waals surface area contributed by atoms with E-state index in [2.05, 4.69) is 216 Å². The summed E-state index contributed by atoms with van der Waals surface area (Å²) >= 11 is 0. The van der Waals surface area contributed by atoms with E-state index in [-0.39, 0.29) is 29.6 Å². The van der Waals surface area contributed by atoms with Crippen LogP contribution in [0, 0.1) is 0 Å². The predicted molar refractivity (Wildman–Crippen MR) is 383 cm³/mol. The first-order chi connectivity index (χ1) is 38.4. The fourth-order valence-electron chi connectivity index (χ4n) is 10.4. The summed E-state index contributed by atoms with van der Waals surface area (Å²) in [5.74, 6) is 1.88. The molecule has 0 unspecified atom stereocenters. The van der Waals surface area contributed by atoms with Crippen LogP contribution in [-0.4, -0.2) is 154 Å². The Bertz CT molecular complexity index is 2800. The van der Waals surface area contributed by atoms with Crippen molar-refractivity contribution in [2.45, 2.75) is 277 Å². The van der Waals surface area contributed by atoms with Gasteiger partial charge < -0.3 is 62.6 Å². The van der Waals surface area contributed by atoms with Gasteiger partial charge in [-0.3, -0.25) is 4.79 Å². The van der Waals surface area contributed by atoms with E-state index >= 15 is 4.79 Å². The van der Waals surface area contributed by atoms with E-state index in [0.29, 0.717) is 33.9 Å². The molecule has 0 amide bonds. The highest BCUT2D eigenvalue weighted by Crippen LogP contribution is 2.56. The quantitative estimate of drug-likeness (QED) is 0.0666. The molecule has 3 aromatic rings. The van der Waals surface area contributed by atoms with Crippen LogP contribution >= 0.6 is 0 Å². The standard InChI is InChI=1S/C60H118O15Si11/c1-76(2,3)62-39-45-50(68-79(10,11)12)57(72-83(22,23)24)59(74-85(28,29)30)55(65-45)48-52-47(43(61)38-44(64-52)41-34-36-42(37-35-41)67-78(7,8)9)53(70-81(16,17)18)49(54(48)71-82(19,20)21)56-60(75-86(31,32)33)58(73-84(25,26)27)51(69-80(13,14)15)46(66-56)40-63-77(4,5)6/h34-38,45-46,50-51,55-60H,39-40H2,1-33H3/t45-,46-,50-,51-,55+,56+,57+,58+,59+,60+/m1/s1. The zero-order chi connectivity index (χ0) is 65.9. The van der Waals surface area contributed by atoms with Gasteiger partial charge in [-0.25, -0.2) is 0 Å². The molecule has 0 bridgehead atoms. The molecule has 0 radical (unpaired) electrons. The van der Waals surface area contributed by atoms with Gasteiger partial charge in [0.1, 0.15) is 89.4 Å². The number of rotatable bonds is 27. The van der Waals surface area contributed by atoms with Crippen molar-refractivity contribution in [2.24, 2.45) is 0 Å². The molecule has 86 heavy (non-hydrogen) atoms. The van der Waals surface area contributed by atoms with Gasteiger partial charge in [-0.2, -0.15) is 0 Å². The van der Waals surface area contributed by atoms with Gasteiger partial charge in [0.25, 0.3) is 0 Å². The number of hydrogen-bond acceptors (Lipinski definition) is 15. The molecule has 2 aliphatic heterocycles. The molecule has 2 saturated heterocycles. The largest absolute Gasteiger partial charge is 0.544 e. The number of benzene rings is 2. The van der Waals surface area contributed by atoms with E-state index in [9.17, 15) is 0 Å². The molecule has 1 aromatic heterocycles. The first kappa shape index (κ1) is 75.8. The molecule has 0 saturated carbocycles. The highest BCUT2D eigenvalue weighted by atomic mass is 28.4. The summed E-state index contributed by atoms with van der Waals surface area (Å²) in [4.78, 5) is 16.3. The Kier molecular flexibility index (Phi) is 23.9. The second-order valence-electron chi connectivity index (χ2n) is 34.5. The molecule has 15 nitrogen and oxygen atoms in total. The maximum atomic E-state index is 16.3. The second-order valence-corrected chi connectivity index (χ2v) is 83.6. The van der Waals surface area contributed by atoms with E-state index in [1.165, 1.54) is 0 Å². The summed E-state index contributed by atoms with van der Waals surface area (Å²) in [6.07, 6.45) is -7.41. The van der Waals surface area contributed by atoms with Crippen LogP contribution in [-0.2, 0) is 44.9 Å². The van der Waals surface area contributed by atoms with Gasteiger partial charge in [0.2, 0.25) is 25.0 Å². The summed E-state index contributed by atoms with van der Waals surface area (Å²) < 4.78 is 105. The number of hydrogen-bond donors (Lipinski definition) is 0. The fourth-order valence-corrected chi connectivity index (χ4v) is 20.7. The summed E-state index contributed by atoms with van der Waals surface area (Å²) in [5.41, 5.74) is 1.69. The zero-order valence-electron chi connectivity index (χ0n) is 59.7. The first-order valence-corrected chi connectivity index (χ1v) is 68.9. The Labute approximate surface area is 532 Å². The highest BCUT2D eigenvalue weighted by Gasteiger charge is 2.58. The lowest BCUT2D eigenvalue weighted by Crippen LogP contribution is -2.64. The molecule has 2 aliphatic rings. The van der Waals surface area contributed by atoms with Gasteiger partial charge in [-0.15, -0.1) is 0 Å². The molecule has 0 N–H and O–H groups in total. The van der Waals surface area contributed by atoms with Crippen LogP contribution in [0.2, 0.25) is 216 Å². The summed E-state index contributed by atoms with van der Waals surface area (Å²) in [5, 5.41) is 0.240. The Morgan fingerprint density at radius 1 is 0.360 bits per heavy atom. The van der Waals surface area contributed by atoms with Crippen molar-refractivity contribution in [3.63, 3.8) is 0 Å². The topological polar surface area (TPSA) is 150 Å². The lowest BCUT2D eigenvalue weighted by molar-refractivity contribution is -0.218.